The average molecular weight is 358 g/mol. The van der Waals surface area contributed by atoms with E-state index in [2.05, 4.69) is 4.72 Å². The van der Waals surface area contributed by atoms with Gasteiger partial charge in [-0.2, -0.15) is 0 Å². The molecule has 3 rings (SSSR count). The zero-order valence-corrected chi connectivity index (χ0v) is 14.5. The molecular weight excluding hydrogens is 342 g/mol. The van der Waals surface area contributed by atoms with E-state index in [1.807, 2.05) is 6.92 Å². The van der Waals surface area contributed by atoms with Gasteiger partial charge in [-0.3, -0.25) is 4.72 Å². The van der Waals surface area contributed by atoms with E-state index in [1.165, 1.54) is 37.3 Å². The highest BCUT2D eigenvalue weighted by molar-refractivity contribution is 7.92. The van der Waals surface area contributed by atoms with Crippen LogP contribution in [0.15, 0.2) is 51.8 Å². The highest BCUT2D eigenvalue weighted by Crippen LogP contribution is 2.28. The van der Waals surface area contributed by atoms with E-state index < -0.39 is 16.0 Å². The van der Waals surface area contributed by atoms with Gasteiger partial charge in [0, 0.05) is 16.6 Å². The van der Waals surface area contributed by atoms with Crippen LogP contribution in [-0.2, 0) is 16.4 Å². The molecule has 0 fully saturated rings. The lowest BCUT2D eigenvalue weighted by molar-refractivity contribution is -0.254. The van der Waals surface area contributed by atoms with Crippen molar-refractivity contribution < 1.29 is 22.7 Å². The summed E-state index contributed by atoms with van der Waals surface area (Å²) in [5.74, 6) is -1.16. The number of carboxylic acids is 1. The van der Waals surface area contributed by atoms with Gasteiger partial charge in [0.25, 0.3) is 10.0 Å². The fraction of sp³-hybridized carbons (Fsp3) is 0.167. The fourth-order valence-corrected chi connectivity index (χ4v) is 3.71. The predicted octanol–water partition coefficient (Wildman–Crippen LogP) is 2.47. The van der Waals surface area contributed by atoms with E-state index in [1.54, 1.807) is 12.1 Å². The van der Waals surface area contributed by atoms with E-state index in [0.717, 1.165) is 12.0 Å². The maximum Gasteiger partial charge on any atom is 0.261 e. The second kappa shape index (κ2) is 6.25. The zero-order chi connectivity index (χ0) is 18.2. The lowest BCUT2D eigenvalue weighted by Gasteiger charge is -2.09. The third-order valence-electron chi connectivity index (χ3n) is 3.96. The van der Waals surface area contributed by atoms with Gasteiger partial charge in [-0.1, -0.05) is 19.1 Å². The Labute approximate surface area is 145 Å². The molecule has 0 saturated heterocycles. The molecule has 0 spiro atoms. The largest absolute Gasteiger partial charge is 0.545 e. The molecule has 1 heterocycles. The van der Waals surface area contributed by atoms with Crippen molar-refractivity contribution in [1.29, 1.82) is 0 Å². The topological polar surface area (TPSA) is 99.4 Å². The predicted molar refractivity (Wildman–Crippen MR) is 91.9 cm³/mol. The second-order valence-electron chi connectivity index (χ2n) is 5.63. The van der Waals surface area contributed by atoms with Crippen LogP contribution in [0.4, 0.5) is 5.69 Å². The first-order valence-electron chi connectivity index (χ1n) is 7.68. The van der Waals surface area contributed by atoms with Gasteiger partial charge in [-0.25, -0.2) is 8.42 Å². The van der Waals surface area contributed by atoms with E-state index in [4.69, 9.17) is 4.42 Å². The first kappa shape index (κ1) is 17.0. The summed E-state index contributed by atoms with van der Waals surface area (Å²) in [7, 11) is -3.78. The summed E-state index contributed by atoms with van der Waals surface area (Å²) in [6.07, 6.45) is 0.816. The van der Waals surface area contributed by atoms with Crippen LogP contribution in [0.2, 0.25) is 0 Å². The van der Waals surface area contributed by atoms with Gasteiger partial charge in [0.15, 0.2) is 0 Å². The number of fused-ring (bicyclic) bond motifs is 1. The number of aromatic carboxylic acids is 1. The van der Waals surface area contributed by atoms with Crippen molar-refractivity contribution in [3.05, 3.63) is 59.4 Å². The van der Waals surface area contributed by atoms with Crippen molar-refractivity contribution in [3.8, 4) is 0 Å². The number of sulfonamides is 1. The highest BCUT2D eigenvalue weighted by atomic mass is 32.2. The van der Waals surface area contributed by atoms with Crippen LogP contribution in [0.25, 0.3) is 11.0 Å². The fourth-order valence-electron chi connectivity index (χ4n) is 2.66. The Kier molecular flexibility index (Phi) is 4.26. The number of aryl methyl sites for hydroxylation is 2. The number of carbonyl (C=O) groups is 1. The third-order valence-corrected chi connectivity index (χ3v) is 5.36. The molecule has 0 saturated carbocycles. The molecule has 0 unspecified atom stereocenters. The monoisotopic (exact) mass is 358 g/mol. The van der Waals surface area contributed by atoms with Crippen molar-refractivity contribution in [1.82, 2.24) is 0 Å². The lowest BCUT2D eigenvalue weighted by Crippen LogP contribution is -2.22. The normalized spacial score (nSPS) is 11.6. The molecular formula is C18H16NO5S-. The maximum atomic E-state index is 12.5. The lowest BCUT2D eigenvalue weighted by atomic mass is 10.1. The molecule has 1 aromatic heterocycles. The minimum absolute atomic E-state index is 0.0802. The van der Waals surface area contributed by atoms with E-state index >= 15 is 0 Å². The van der Waals surface area contributed by atoms with Crippen molar-refractivity contribution in [2.24, 2.45) is 0 Å². The summed E-state index contributed by atoms with van der Waals surface area (Å²) >= 11 is 0. The van der Waals surface area contributed by atoms with Crippen molar-refractivity contribution in [2.45, 2.75) is 25.2 Å². The molecule has 25 heavy (non-hydrogen) atoms. The average Bonchev–Trinajstić information content (AvgIpc) is 2.89. The van der Waals surface area contributed by atoms with E-state index in [9.17, 15) is 18.3 Å². The highest BCUT2D eigenvalue weighted by Gasteiger charge is 2.17. The Bertz CT molecular complexity index is 1050. The third kappa shape index (κ3) is 3.23. The van der Waals surface area contributed by atoms with E-state index in [-0.39, 0.29) is 21.9 Å². The number of nitrogens with one attached hydrogen (secondary N) is 1. The van der Waals surface area contributed by atoms with Gasteiger partial charge in [0.05, 0.1) is 10.9 Å². The summed E-state index contributed by atoms with van der Waals surface area (Å²) in [6.45, 7) is 3.50. The molecule has 2 aromatic carbocycles. The number of carbonyl (C=O) groups excluding carboxylic acids is 1. The summed E-state index contributed by atoms with van der Waals surface area (Å²) in [5, 5.41) is 11.6. The molecule has 0 aliphatic heterocycles. The molecule has 6 nitrogen and oxygen atoms in total. The summed E-state index contributed by atoms with van der Waals surface area (Å²) in [4.78, 5) is 11.4. The summed E-state index contributed by atoms with van der Waals surface area (Å²) < 4.78 is 32.8. The smallest absolute Gasteiger partial charge is 0.261 e. The Hall–Kier alpha value is -2.80. The van der Waals surface area contributed by atoms with Gasteiger partial charge in [0.2, 0.25) is 0 Å². The molecule has 0 amide bonds. The quantitative estimate of drug-likeness (QED) is 0.755. The zero-order valence-electron chi connectivity index (χ0n) is 13.7. The van der Waals surface area contributed by atoms with Crippen LogP contribution in [0.3, 0.4) is 0 Å². The van der Waals surface area contributed by atoms with Crippen molar-refractivity contribution in [2.75, 3.05) is 4.72 Å². The minimum atomic E-state index is -3.78. The molecule has 0 atom stereocenters. The molecule has 0 aliphatic rings. The molecule has 0 bridgehead atoms. The first-order chi connectivity index (χ1) is 11.8. The molecule has 130 valence electrons. The Morgan fingerprint density at radius 3 is 2.44 bits per heavy atom. The summed E-state index contributed by atoms with van der Waals surface area (Å²) in [6, 6.07) is 11.0. The Balaban J connectivity index is 1.98. The first-order valence-corrected chi connectivity index (χ1v) is 9.16. The van der Waals surface area contributed by atoms with Crippen LogP contribution in [0.1, 0.15) is 28.6 Å². The van der Waals surface area contributed by atoms with Gasteiger partial charge in [-0.15, -0.1) is 0 Å². The molecule has 0 radical (unpaired) electrons. The number of hydrogen-bond donors (Lipinski definition) is 1. The number of anilines is 1. The van der Waals surface area contributed by atoms with E-state index in [0.29, 0.717) is 11.0 Å². The Morgan fingerprint density at radius 1 is 1.16 bits per heavy atom. The number of carboxylic acid groups (broad SMARTS) is 1. The van der Waals surface area contributed by atoms with Gasteiger partial charge in [-0.05, 0) is 49.2 Å². The van der Waals surface area contributed by atoms with Gasteiger partial charge in [0.1, 0.15) is 11.3 Å². The standard InChI is InChI=1S/C18H17NO5S/c1-3-12-4-7-14(8-5-12)25(22,23)19-13-6-9-16-15(10-13)17(18(20)21)11(2)24-16/h4-10,19H,3H2,1-2H3,(H,20,21)/p-1. The molecule has 1 N–H and O–H groups in total. The SMILES string of the molecule is CCc1ccc(S(=O)(=O)Nc2ccc3oc(C)c(C(=O)[O-])c3c2)cc1. The molecule has 7 heteroatoms. The minimum Gasteiger partial charge on any atom is -0.545 e. The molecule has 0 aliphatic carbocycles. The van der Waals surface area contributed by atoms with Crippen molar-refractivity contribution >= 4 is 32.6 Å². The van der Waals surface area contributed by atoms with Gasteiger partial charge < -0.3 is 14.3 Å². The van der Waals surface area contributed by atoms with Crippen LogP contribution < -0.4 is 9.83 Å². The van der Waals surface area contributed by atoms with Crippen LogP contribution in [0.5, 0.6) is 0 Å². The number of hydrogen-bond acceptors (Lipinski definition) is 5. The number of furan rings is 1. The molecule has 3 aromatic rings. The van der Waals surface area contributed by atoms with Crippen LogP contribution >= 0.6 is 0 Å². The Morgan fingerprint density at radius 2 is 1.84 bits per heavy atom. The van der Waals surface area contributed by atoms with Crippen LogP contribution in [-0.4, -0.2) is 14.4 Å². The number of benzene rings is 2. The number of rotatable bonds is 5. The maximum absolute atomic E-state index is 12.5. The van der Waals surface area contributed by atoms with Crippen molar-refractivity contribution in [3.63, 3.8) is 0 Å². The summed E-state index contributed by atoms with van der Waals surface area (Å²) in [5.41, 5.74) is 1.55. The van der Waals surface area contributed by atoms with Gasteiger partial charge >= 0.3 is 0 Å². The second-order valence-corrected chi connectivity index (χ2v) is 7.32. The van der Waals surface area contributed by atoms with Crippen LogP contribution in [0, 0.1) is 6.92 Å².